The average Bonchev–Trinajstić information content (AvgIpc) is 3.27. The van der Waals surface area contributed by atoms with Crippen LogP contribution in [0.4, 0.5) is 0 Å². The zero-order valence-corrected chi connectivity index (χ0v) is 42.1. The van der Waals surface area contributed by atoms with Gasteiger partial charge in [0.05, 0.1) is 25.4 Å². The second-order valence-corrected chi connectivity index (χ2v) is 19.6. The molecule has 1 amide bonds. The van der Waals surface area contributed by atoms with Gasteiger partial charge in [0.25, 0.3) is 0 Å². The Morgan fingerprint density at radius 3 is 0.984 bits per heavy atom. The van der Waals surface area contributed by atoms with Gasteiger partial charge >= 0.3 is 5.97 Å². The largest absolute Gasteiger partial charge is 0.466 e. The molecule has 0 aromatic carbocycles. The molecule has 0 saturated heterocycles. The van der Waals surface area contributed by atoms with Gasteiger partial charge in [0.2, 0.25) is 5.91 Å². The number of nitrogens with one attached hydrogen (secondary N) is 1. The van der Waals surface area contributed by atoms with E-state index in [0.717, 1.165) is 38.5 Å². The third-order valence-electron chi connectivity index (χ3n) is 13.4. The minimum Gasteiger partial charge on any atom is -0.466 e. The highest BCUT2D eigenvalue weighted by atomic mass is 16.5. The van der Waals surface area contributed by atoms with Crippen LogP contribution in [-0.2, 0) is 14.3 Å². The molecule has 2 unspecified atom stereocenters. The van der Waals surface area contributed by atoms with Crippen molar-refractivity contribution in [3.05, 3.63) is 0 Å². The van der Waals surface area contributed by atoms with Gasteiger partial charge in [-0.15, -0.1) is 0 Å². The monoisotopic (exact) mass is 878 g/mol. The van der Waals surface area contributed by atoms with Crippen LogP contribution in [0.25, 0.3) is 0 Å². The fourth-order valence-electron chi connectivity index (χ4n) is 9.05. The lowest BCUT2D eigenvalue weighted by atomic mass is 10.0. The topological polar surface area (TPSA) is 95.9 Å². The molecule has 0 rings (SSSR count). The Hall–Kier alpha value is -1.14. The predicted molar refractivity (Wildman–Crippen MR) is 269 cm³/mol. The quantitative estimate of drug-likeness (QED) is 0.0418. The van der Waals surface area contributed by atoms with Crippen molar-refractivity contribution in [3.63, 3.8) is 0 Å². The van der Waals surface area contributed by atoms with Crippen LogP contribution in [0.1, 0.15) is 322 Å². The number of ether oxygens (including phenoxy) is 1. The summed E-state index contributed by atoms with van der Waals surface area (Å²) in [5.74, 6) is -0.0201. The lowest BCUT2D eigenvalue weighted by Gasteiger charge is -2.22. The molecular weight excluding hydrogens is 767 g/mol. The number of aliphatic hydroxyl groups excluding tert-OH is 2. The molecule has 3 N–H and O–H groups in total. The maximum atomic E-state index is 12.4. The summed E-state index contributed by atoms with van der Waals surface area (Å²) in [6, 6.07) is -0.538. The number of hydrogen-bond acceptors (Lipinski definition) is 5. The number of carbonyl (C=O) groups is 2. The molecule has 0 aliphatic rings. The van der Waals surface area contributed by atoms with E-state index in [1.807, 2.05) is 0 Å². The summed E-state index contributed by atoms with van der Waals surface area (Å²) in [5.41, 5.74) is 0. The minimum atomic E-state index is -0.661. The van der Waals surface area contributed by atoms with E-state index < -0.39 is 12.1 Å². The molecule has 0 radical (unpaired) electrons. The molecule has 0 bridgehead atoms. The summed E-state index contributed by atoms with van der Waals surface area (Å²) in [7, 11) is 0. The molecule has 0 aromatic rings. The lowest BCUT2D eigenvalue weighted by molar-refractivity contribution is -0.143. The molecule has 6 heteroatoms. The van der Waals surface area contributed by atoms with Crippen molar-refractivity contribution in [1.29, 1.82) is 0 Å². The Bertz CT molecular complexity index is 882. The highest BCUT2D eigenvalue weighted by Crippen LogP contribution is 2.18. The third kappa shape index (κ3) is 48.3. The Morgan fingerprint density at radius 2 is 0.661 bits per heavy atom. The van der Waals surface area contributed by atoms with Crippen molar-refractivity contribution in [1.82, 2.24) is 5.32 Å². The van der Waals surface area contributed by atoms with Crippen molar-refractivity contribution < 1.29 is 24.5 Å². The van der Waals surface area contributed by atoms with Gasteiger partial charge < -0.3 is 20.3 Å². The molecule has 0 aliphatic carbocycles. The molecule has 2 atom stereocenters. The van der Waals surface area contributed by atoms with Gasteiger partial charge in [-0.1, -0.05) is 284 Å². The van der Waals surface area contributed by atoms with Gasteiger partial charge in [0, 0.05) is 12.8 Å². The summed E-state index contributed by atoms with van der Waals surface area (Å²) >= 11 is 0. The number of esters is 1. The lowest BCUT2D eigenvalue weighted by Crippen LogP contribution is -2.45. The van der Waals surface area contributed by atoms with E-state index in [-0.39, 0.29) is 18.5 Å². The SMILES string of the molecule is CCCCCCCCCCCCCCC(=O)OCCCCCCCCCCCCCCCCCCCCCCCCC(=O)NC(CO)C(O)CCCCCCCCCCCCC. The molecule has 0 aliphatic heterocycles. The first-order valence-electron chi connectivity index (χ1n) is 28.3. The van der Waals surface area contributed by atoms with Crippen LogP contribution < -0.4 is 5.32 Å². The van der Waals surface area contributed by atoms with Gasteiger partial charge in [0.15, 0.2) is 0 Å². The molecular formula is C56H111NO5. The van der Waals surface area contributed by atoms with E-state index in [9.17, 15) is 19.8 Å². The van der Waals surface area contributed by atoms with Gasteiger partial charge in [-0.3, -0.25) is 9.59 Å². The Kier molecular flexibility index (Phi) is 51.5. The second kappa shape index (κ2) is 52.5. The van der Waals surface area contributed by atoms with Crippen LogP contribution in [0, 0.1) is 0 Å². The fourth-order valence-corrected chi connectivity index (χ4v) is 9.05. The van der Waals surface area contributed by atoms with Crippen molar-refractivity contribution in [2.75, 3.05) is 13.2 Å². The average molecular weight is 879 g/mol. The highest BCUT2D eigenvalue weighted by molar-refractivity contribution is 5.76. The normalized spacial score (nSPS) is 12.5. The number of amides is 1. The summed E-state index contributed by atoms with van der Waals surface area (Å²) < 4.78 is 5.47. The zero-order valence-electron chi connectivity index (χ0n) is 42.1. The third-order valence-corrected chi connectivity index (χ3v) is 13.4. The molecule has 6 nitrogen and oxygen atoms in total. The summed E-state index contributed by atoms with van der Waals surface area (Å²) in [6.45, 7) is 4.96. The van der Waals surface area contributed by atoms with Crippen LogP contribution in [0.5, 0.6) is 0 Å². The molecule has 0 aromatic heterocycles. The predicted octanol–water partition coefficient (Wildman–Crippen LogP) is 17.1. The van der Waals surface area contributed by atoms with E-state index in [1.54, 1.807) is 0 Å². The van der Waals surface area contributed by atoms with E-state index >= 15 is 0 Å². The first kappa shape index (κ1) is 60.9. The van der Waals surface area contributed by atoms with E-state index in [4.69, 9.17) is 4.74 Å². The van der Waals surface area contributed by atoms with Crippen LogP contribution in [-0.4, -0.2) is 47.4 Å². The number of rotatable bonds is 53. The molecule has 0 heterocycles. The maximum absolute atomic E-state index is 12.4. The van der Waals surface area contributed by atoms with Crippen LogP contribution in [0.2, 0.25) is 0 Å². The van der Waals surface area contributed by atoms with Crippen LogP contribution in [0.3, 0.4) is 0 Å². The second-order valence-electron chi connectivity index (χ2n) is 19.6. The van der Waals surface area contributed by atoms with Crippen LogP contribution >= 0.6 is 0 Å². The number of aliphatic hydroxyl groups is 2. The highest BCUT2D eigenvalue weighted by Gasteiger charge is 2.20. The van der Waals surface area contributed by atoms with E-state index in [0.29, 0.717) is 25.9 Å². The molecule has 0 spiro atoms. The Labute approximate surface area is 387 Å². The molecule has 370 valence electrons. The Balaban J connectivity index is 3.35. The molecule has 0 saturated carbocycles. The maximum Gasteiger partial charge on any atom is 0.305 e. The van der Waals surface area contributed by atoms with E-state index in [2.05, 4.69) is 19.2 Å². The van der Waals surface area contributed by atoms with Crippen molar-refractivity contribution in [3.8, 4) is 0 Å². The number of hydrogen-bond donors (Lipinski definition) is 3. The van der Waals surface area contributed by atoms with Gasteiger partial charge in [-0.2, -0.15) is 0 Å². The standard InChI is InChI=1S/C56H111NO5/c1-3-5-7-9-11-13-15-30-34-38-42-46-50-56(61)62-51-47-43-39-35-31-27-25-23-21-19-17-16-18-20-22-24-26-29-33-37-41-45-49-55(60)57-53(52-58)54(59)48-44-40-36-32-28-14-12-10-8-6-4-2/h53-54,58-59H,3-52H2,1-2H3,(H,57,60). The van der Waals surface area contributed by atoms with Gasteiger partial charge in [0.1, 0.15) is 0 Å². The fraction of sp³-hybridized carbons (Fsp3) is 0.964. The summed E-state index contributed by atoms with van der Waals surface area (Å²) in [5, 5.41) is 23.2. The minimum absolute atomic E-state index is 0.0145. The van der Waals surface area contributed by atoms with Crippen molar-refractivity contribution >= 4 is 11.9 Å². The summed E-state index contributed by atoms with van der Waals surface area (Å²) in [6.07, 6.45) is 59.5. The van der Waals surface area contributed by atoms with Gasteiger partial charge in [-0.25, -0.2) is 0 Å². The van der Waals surface area contributed by atoms with E-state index in [1.165, 1.54) is 250 Å². The molecule has 62 heavy (non-hydrogen) atoms. The number of unbranched alkanes of at least 4 members (excludes halogenated alkanes) is 42. The van der Waals surface area contributed by atoms with Gasteiger partial charge in [-0.05, 0) is 25.7 Å². The first-order chi connectivity index (χ1) is 30.5. The van der Waals surface area contributed by atoms with Crippen molar-refractivity contribution in [2.24, 2.45) is 0 Å². The first-order valence-corrected chi connectivity index (χ1v) is 28.3. The molecule has 0 fully saturated rings. The smallest absolute Gasteiger partial charge is 0.305 e. The van der Waals surface area contributed by atoms with Crippen LogP contribution in [0.15, 0.2) is 0 Å². The Morgan fingerprint density at radius 1 is 0.387 bits per heavy atom. The number of carbonyl (C=O) groups excluding carboxylic acids is 2. The summed E-state index contributed by atoms with van der Waals surface area (Å²) in [4.78, 5) is 24.4. The van der Waals surface area contributed by atoms with Crippen molar-refractivity contribution in [2.45, 2.75) is 334 Å². The zero-order chi connectivity index (χ0) is 45.1.